The minimum Gasteiger partial charge on any atom is -0.354 e. The highest BCUT2D eigenvalue weighted by molar-refractivity contribution is 6.30. The van der Waals surface area contributed by atoms with Crippen molar-refractivity contribution in [1.82, 2.24) is 9.78 Å². The van der Waals surface area contributed by atoms with Gasteiger partial charge in [-0.25, -0.2) is 8.78 Å². The van der Waals surface area contributed by atoms with Crippen molar-refractivity contribution in [2.75, 3.05) is 23.3 Å². The molecule has 6 nitrogen and oxygen atoms in total. The van der Waals surface area contributed by atoms with Crippen molar-refractivity contribution in [3.8, 4) is 5.69 Å². The first kappa shape index (κ1) is 21.0. The number of rotatable bonds is 4. The van der Waals surface area contributed by atoms with Crippen LogP contribution in [-0.4, -0.2) is 28.8 Å². The van der Waals surface area contributed by atoms with Gasteiger partial charge in [-0.15, -0.1) is 5.10 Å². The van der Waals surface area contributed by atoms with Gasteiger partial charge in [0.25, 0.3) is 5.56 Å². The minimum atomic E-state index is -0.697. The van der Waals surface area contributed by atoms with Gasteiger partial charge in [0.2, 0.25) is 5.91 Å². The summed E-state index contributed by atoms with van der Waals surface area (Å²) in [5.41, 5.74) is 0.0425. The van der Waals surface area contributed by atoms with Crippen molar-refractivity contribution in [3.63, 3.8) is 0 Å². The highest BCUT2D eigenvalue weighted by Gasteiger charge is 2.27. The number of aromatic nitrogens is 2. The SMILES string of the molecule is O=C(Nc1cc(F)ccc1F)C1CCCN(c2ccc(=O)n(-c3cccc(Cl)c3)n2)C1. The molecule has 1 fully saturated rings. The summed E-state index contributed by atoms with van der Waals surface area (Å²) < 4.78 is 28.5. The third-order valence-electron chi connectivity index (χ3n) is 5.14. The Balaban J connectivity index is 1.53. The van der Waals surface area contributed by atoms with Gasteiger partial charge in [0.05, 0.1) is 17.3 Å². The van der Waals surface area contributed by atoms with Crippen LogP contribution in [0, 0.1) is 17.6 Å². The number of piperidine rings is 1. The summed E-state index contributed by atoms with van der Waals surface area (Å²) in [6, 6.07) is 12.7. The quantitative estimate of drug-likeness (QED) is 0.660. The highest BCUT2D eigenvalue weighted by Crippen LogP contribution is 2.24. The fraction of sp³-hybridized carbons (Fsp3) is 0.227. The summed E-state index contributed by atoms with van der Waals surface area (Å²) in [4.78, 5) is 26.9. The van der Waals surface area contributed by atoms with E-state index in [0.717, 1.165) is 18.2 Å². The Hall–Kier alpha value is -3.26. The Labute approximate surface area is 182 Å². The summed E-state index contributed by atoms with van der Waals surface area (Å²) in [5, 5.41) is 7.40. The number of amides is 1. The molecular weight excluding hydrogens is 426 g/mol. The van der Waals surface area contributed by atoms with Gasteiger partial charge in [0.15, 0.2) is 0 Å². The molecule has 1 amide bonds. The molecule has 1 aromatic heterocycles. The van der Waals surface area contributed by atoms with Crippen LogP contribution in [-0.2, 0) is 4.79 Å². The molecule has 1 atom stereocenters. The maximum absolute atomic E-state index is 13.9. The van der Waals surface area contributed by atoms with E-state index in [0.29, 0.717) is 42.5 Å². The second kappa shape index (κ2) is 8.85. The Kier molecular flexibility index (Phi) is 5.99. The van der Waals surface area contributed by atoms with Crippen molar-refractivity contribution in [3.05, 3.63) is 81.6 Å². The van der Waals surface area contributed by atoms with E-state index in [2.05, 4.69) is 10.4 Å². The number of carbonyl (C=O) groups is 1. The maximum atomic E-state index is 13.9. The normalized spacial score (nSPS) is 16.2. The van der Waals surface area contributed by atoms with Gasteiger partial charge in [-0.3, -0.25) is 9.59 Å². The van der Waals surface area contributed by atoms with E-state index >= 15 is 0 Å². The molecule has 2 aromatic carbocycles. The second-order valence-corrected chi connectivity index (χ2v) is 7.76. The Morgan fingerprint density at radius 1 is 1.13 bits per heavy atom. The van der Waals surface area contributed by atoms with Crippen LogP contribution in [0.25, 0.3) is 5.69 Å². The average Bonchev–Trinajstić information content (AvgIpc) is 2.76. The van der Waals surface area contributed by atoms with E-state index in [9.17, 15) is 18.4 Å². The average molecular weight is 445 g/mol. The summed E-state index contributed by atoms with van der Waals surface area (Å²) in [5.74, 6) is -1.62. The van der Waals surface area contributed by atoms with Crippen LogP contribution in [0.1, 0.15) is 12.8 Å². The van der Waals surface area contributed by atoms with E-state index in [1.54, 1.807) is 30.3 Å². The van der Waals surface area contributed by atoms with E-state index in [-0.39, 0.29) is 11.2 Å². The standard InChI is InChI=1S/C22H19ClF2N4O2/c23-15-4-1-5-17(11-15)29-21(30)9-8-20(27-29)28-10-2-3-14(13-28)22(31)26-19-12-16(24)6-7-18(19)25/h1,4-9,11-12,14H,2-3,10,13H2,(H,26,31). The van der Waals surface area contributed by atoms with Gasteiger partial charge in [0, 0.05) is 30.2 Å². The van der Waals surface area contributed by atoms with E-state index in [1.807, 2.05) is 4.90 Å². The van der Waals surface area contributed by atoms with Crippen LogP contribution < -0.4 is 15.8 Å². The summed E-state index contributed by atoms with van der Waals surface area (Å²) in [6.07, 6.45) is 1.31. The molecule has 3 aromatic rings. The molecule has 1 unspecified atom stereocenters. The lowest BCUT2D eigenvalue weighted by Gasteiger charge is -2.33. The largest absolute Gasteiger partial charge is 0.354 e. The molecule has 0 bridgehead atoms. The molecule has 9 heteroatoms. The Morgan fingerprint density at radius 2 is 1.97 bits per heavy atom. The first-order valence-corrected chi connectivity index (χ1v) is 10.2. The first-order chi connectivity index (χ1) is 14.9. The molecule has 160 valence electrons. The number of carbonyl (C=O) groups excluding carboxylic acids is 1. The minimum absolute atomic E-state index is 0.185. The molecule has 0 saturated carbocycles. The molecule has 1 aliphatic heterocycles. The van der Waals surface area contributed by atoms with Gasteiger partial charge < -0.3 is 10.2 Å². The zero-order valence-electron chi connectivity index (χ0n) is 16.4. The van der Waals surface area contributed by atoms with Gasteiger partial charge in [-0.05, 0) is 49.2 Å². The predicted molar refractivity (Wildman–Crippen MR) is 115 cm³/mol. The van der Waals surface area contributed by atoms with Crippen LogP contribution >= 0.6 is 11.6 Å². The zero-order valence-corrected chi connectivity index (χ0v) is 17.1. The number of benzene rings is 2. The number of hydrogen-bond donors (Lipinski definition) is 1. The zero-order chi connectivity index (χ0) is 22.0. The van der Waals surface area contributed by atoms with E-state index < -0.39 is 23.5 Å². The third kappa shape index (κ3) is 4.74. The molecule has 0 spiro atoms. The van der Waals surface area contributed by atoms with Gasteiger partial charge in [-0.1, -0.05) is 17.7 Å². The molecule has 1 saturated heterocycles. The number of nitrogens with zero attached hydrogens (tertiary/aromatic N) is 3. The lowest BCUT2D eigenvalue weighted by Crippen LogP contribution is -2.42. The number of nitrogens with one attached hydrogen (secondary N) is 1. The number of anilines is 2. The first-order valence-electron chi connectivity index (χ1n) is 9.78. The Bertz CT molecular complexity index is 1180. The fourth-order valence-corrected chi connectivity index (χ4v) is 3.77. The molecular formula is C22H19ClF2N4O2. The van der Waals surface area contributed by atoms with Crippen molar-refractivity contribution < 1.29 is 13.6 Å². The molecule has 31 heavy (non-hydrogen) atoms. The van der Waals surface area contributed by atoms with Crippen molar-refractivity contribution in [1.29, 1.82) is 0 Å². The Morgan fingerprint density at radius 3 is 2.77 bits per heavy atom. The molecule has 1 aliphatic rings. The van der Waals surface area contributed by atoms with Gasteiger partial charge in [-0.2, -0.15) is 4.68 Å². The van der Waals surface area contributed by atoms with Crippen LogP contribution in [0.3, 0.4) is 0 Å². The second-order valence-electron chi connectivity index (χ2n) is 7.32. The summed E-state index contributed by atoms with van der Waals surface area (Å²) in [6.45, 7) is 0.988. The highest BCUT2D eigenvalue weighted by atomic mass is 35.5. The van der Waals surface area contributed by atoms with Crippen molar-refractivity contribution >= 4 is 29.0 Å². The molecule has 0 radical (unpaired) electrons. The monoisotopic (exact) mass is 444 g/mol. The molecule has 0 aliphatic carbocycles. The predicted octanol–water partition coefficient (Wildman–Crippen LogP) is 4.02. The van der Waals surface area contributed by atoms with Crippen LogP contribution in [0.4, 0.5) is 20.3 Å². The van der Waals surface area contributed by atoms with Crippen LogP contribution in [0.5, 0.6) is 0 Å². The van der Waals surface area contributed by atoms with Crippen molar-refractivity contribution in [2.45, 2.75) is 12.8 Å². The van der Waals surface area contributed by atoms with E-state index in [4.69, 9.17) is 11.6 Å². The van der Waals surface area contributed by atoms with Gasteiger partial charge in [0.1, 0.15) is 17.5 Å². The fourth-order valence-electron chi connectivity index (χ4n) is 3.59. The molecule has 2 heterocycles. The number of halogens is 3. The smallest absolute Gasteiger partial charge is 0.271 e. The maximum Gasteiger partial charge on any atom is 0.271 e. The lowest BCUT2D eigenvalue weighted by atomic mass is 9.97. The molecule has 4 rings (SSSR count). The third-order valence-corrected chi connectivity index (χ3v) is 5.38. The topological polar surface area (TPSA) is 67.2 Å². The summed E-state index contributed by atoms with van der Waals surface area (Å²) >= 11 is 6.03. The number of hydrogen-bond acceptors (Lipinski definition) is 4. The van der Waals surface area contributed by atoms with Crippen molar-refractivity contribution in [2.24, 2.45) is 5.92 Å². The van der Waals surface area contributed by atoms with E-state index in [1.165, 1.54) is 10.7 Å². The van der Waals surface area contributed by atoms with Crippen LogP contribution in [0.2, 0.25) is 5.02 Å². The summed E-state index contributed by atoms with van der Waals surface area (Å²) in [7, 11) is 0. The lowest BCUT2D eigenvalue weighted by molar-refractivity contribution is -0.120. The molecule has 1 N–H and O–H groups in total. The van der Waals surface area contributed by atoms with Gasteiger partial charge >= 0.3 is 0 Å². The van der Waals surface area contributed by atoms with Crippen LogP contribution in [0.15, 0.2) is 59.4 Å².